The quantitative estimate of drug-likeness (QED) is 0.613. The summed E-state index contributed by atoms with van der Waals surface area (Å²) in [5, 5.41) is 9.15. The average molecular weight is 169 g/mol. The molecule has 0 radical (unpaired) electrons. The van der Waals surface area contributed by atoms with E-state index in [1.54, 1.807) is 4.90 Å². The van der Waals surface area contributed by atoms with Gasteiger partial charge in [-0.3, -0.25) is 4.79 Å². The van der Waals surface area contributed by atoms with Crippen LogP contribution in [0.3, 0.4) is 0 Å². The maximum atomic E-state index is 11.1. The van der Waals surface area contributed by atoms with Crippen molar-refractivity contribution >= 4 is 5.91 Å². The molecule has 0 aliphatic carbocycles. The van der Waals surface area contributed by atoms with E-state index in [1.165, 1.54) is 5.57 Å². The lowest BCUT2D eigenvalue weighted by Gasteiger charge is -2.12. The molecule has 0 bridgehead atoms. The summed E-state index contributed by atoms with van der Waals surface area (Å²) in [6.07, 6.45) is 1.83. The van der Waals surface area contributed by atoms with E-state index < -0.39 is 6.10 Å². The van der Waals surface area contributed by atoms with Crippen molar-refractivity contribution in [2.45, 2.75) is 26.4 Å². The van der Waals surface area contributed by atoms with E-state index in [0.717, 1.165) is 0 Å². The Morgan fingerprint density at radius 3 is 2.83 bits per heavy atom. The van der Waals surface area contributed by atoms with Crippen LogP contribution in [0.15, 0.2) is 11.6 Å². The zero-order chi connectivity index (χ0) is 9.14. The summed E-state index contributed by atoms with van der Waals surface area (Å²) in [6.45, 7) is 5.12. The van der Waals surface area contributed by atoms with Crippen LogP contribution in [0.5, 0.6) is 0 Å². The topological polar surface area (TPSA) is 40.5 Å². The van der Waals surface area contributed by atoms with E-state index >= 15 is 0 Å². The molecule has 1 unspecified atom stereocenters. The number of β-amino-alcohol motifs (C(OH)–C–C–N with tert-alkyl or cyclic N) is 1. The number of nitrogens with zero attached hydrogens (tertiary/aromatic N) is 1. The van der Waals surface area contributed by atoms with E-state index in [2.05, 4.69) is 0 Å². The lowest BCUT2D eigenvalue weighted by molar-refractivity contribution is -0.127. The van der Waals surface area contributed by atoms with Gasteiger partial charge in [0.15, 0.2) is 0 Å². The van der Waals surface area contributed by atoms with Gasteiger partial charge < -0.3 is 10.0 Å². The number of hydrogen-bond donors (Lipinski definition) is 1. The molecule has 1 amide bonds. The maximum absolute atomic E-state index is 11.1. The van der Waals surface area contributed by atoms with Crippen molar-refractivity contribution in [3.05, 3.63) is 11.6 Å². The van der Waals surface area contributed by atoms with Crippen molar-refractivity contribution in [3.8, 4) is 0 Å². The summed E-state index contributed by atoms with van der Waals surface area (Å²) in [6, 6.07) is 0. The molecule has 0 aromatic carbocycles. The third kappa shape index (κ3) is 2.34. The summed E-state index contributed by atoms with van der Waals surface area (Å²) in [5.74, 6) is 0.0556. The number of carbonyl (C=O) groups is 1. The Bertz CT molecular complexity index is 207. The molecule has 3 nitrogen and oxygen atoms in total. The van der Waals surface area contributed by atoms with Gasteiger partial charge in [-0.05, 0) is 13.8 Å². The molecule has 0 aromatic heterocycles. The third-order valence-electron chi connectivity index (χ3n) is 1.91. The van der Waals surface area contributed by atoms with E-state index in [0.29, 0.717) is 13.1 Å². The zero-order valence-electron chi connectivity index (χ0n) is 7.58. The second kappa shape index (κ2) is 3.72. The molecule has 3 heteroatoms. The van der Waals surface area contributed by atoms with Crippen molar-refractivity contribution in [1.82, 2.24) is 4.90 Å². The minimum absolute atomic E-state index is 0.0556. The molecule has 1 atom stereocenters. The number of rotatable bonds is 2. The highest BCUT2D eigenvalue weighted by Gasteiger charge is 2.26. The van der Waals surface area contributed by atoms with Gasteiger partial charge in [-0.1, -0.05) is 11.6 Å². The number of amides is 1. The van der Waals surface area contributed by atoms with Crippen LogP contribution in [0.1, 0.15) is 20.3 Å². The third-order valence-corrected chi connectivity index (χ3v) is 1.91. The fourth-order valence-electron chi connectivity index (χ4n) is 1.22. The van der Waals surface area contributed by atoms with Gasteiger partial charge in [0.25, 0.3) is 0 Å². The second-order valence-corrected chi connectivity index (χ2v) is 3.44. The molecule has 68 valence electrons. The monoisotopic (exact) mass is 169 g/mol. The van der Waals surface area contributed by atoms with Gasteiger partial charge in [0.05, 0.1) is 12.5 Å². The number of allylic oxidation sites excluding steroid dienone is 1. The van der Waals surface area contributed by atoms with Gasteiger partial charge in [-0.2, -0.15) is 0 Å². The largest absolute Gasteiger partial charge is 0.391 e. The van der Waals surface area contributed by atoms with Crippen LogP contribution in [0, 0.1) is 0 Å². The van der Waals surface area contributed by atoms with Crippen LogP contribution in [0.25, 0.3) is 0 Å². The summed E-state index contributed by atoms with van der Waals surface area (Å²) in [4.78, 5) is 12.8. The van der Waals surface area contributed by atoms with Gasteiger partial charge >= 0.3 is 0 Å². The van der Waals surface area contributed by atoms with Crippen molar-refractivity contribution < 1.29 is 9.90 Å². The summed E-state index contributed by atoms with van der Waals surface area (Å²) in [7, 11) is 0. The van der Waals surface area contributed by atoms with Gasteiger partial charge in [-0.25, -0.2) is 0 Å². The SMILES string of the molecule is CC(C)=CCN1CC(O)CC1=O. The average Bonchev–Trinajstić information content (AvgIpc) is 2.26. The molecule has 1 fully saturated rings. The molecule has 12 heavy (non-hydrogen) atoms. The Morgan fingerprint density at radius 1 is 1.75 bits per heavy atom. The number of carbonyl (C=O) groups excluding carboxylic acids is 1. The molecule has 1 aliphatic heterocycles. The predicted octanol–water partition coefficient (Wildman–Crippen LogP) is 0.546. The number of hydrogen-bond acceptors (Lipinski definition) is 2. The lowest BCUT2D eigenvalue weighted by Crippen LogP contribution is -2.25. The summed E-state index contributed by atoms with van der Waals surface area (Å²) >= 11 is 0. The first-order valence-electron chi connectivity index (χ1n) is 4.19. The molecule has 0 aromatic rings. The van der Waals surface area contributed by atoms with E-state index in [-0.39, 0.29) is 12.3 Å². The highest BCUT2D eigenvalue weighted by molar-refractivity contribution is 5.79. The van der Waals surface area contributed by atoms with Crippen LogP contribution in [-0.4, -0.2) is 35.1 Å². The molecule has 1 rings (SSSR count). The summed E-state index contributed by atoms with van der Waals surface area (Å²) < 4.78 is 0. The number of aliphatic hydroxyl groups excluding tert-OH is 1. The van der Waals surface area contributed by atoms with Crippen LogP contribution in [-0.2, 0) is 4.79 Å². The smallest absolute Gasteiger partial charge is 0.225 e. The molecule has 1 heterocycles. The van der Waals surface area contributed by atoms with Gasteiger partial charge in [0.1, 0.15) is 0 Å². The standard InChI is InChI=1S/C9H15NO2/c1-7(2)3-4-10-6-8(11)5-9(10)12/h3,8,11H,4-6H2,1-2H3. The normalized spacial score (nSPS) is 23.1. The van der Waals surface area contributed by atoms with Crippen LogP contribution >= 0.6 is 0 Å². The maximum Gasteiger partial charge on any atom is 0.225 e. The first-order valence-corrected chi connectivity index (χ1v) is 4.19. The fourth-order valence-corrected chi connectivity index (χ4v) is 1.22. The molecule has 1 saturated heterocycles. The van der Waals surface area contributed by atoms with Crippen LogP contribution in [0.2, 0.25) is 0 Å². The van der Waals surface area contributed by atoms with E-state index in [1.807, 2.05) is 19.9 Å². The van der Waals surface area contributed by atoms with Gasteiger partial charge in [0, 0.05) is 13.1 Å². The Kier molecular flexibility index (Phi) is 2.87. The Hall–Kier alpha value is -0.830. The van der Waals surface area contributed by atoms with Crippen LogP contribution < -0.4 is 0 Å². The molecule has 0 saturated carbocycles. The van der Waals surface area contributed by atoms with Crippen molar-refractivity contribution in [3.63, 3.8) is 0 Å². The van der Waals surface area contributed by atoms with Crippen LogP contribution in [0.4, 0.5) is 0 Å². The molecule has 1 aliphatic rings. The lowest BCUT2D eigenvalue weighted by atomic mass is 10.3. The van der Waals surface area contributed by atoms with Gasteiger partial charge in [-0.15, -0.1) is 0 Å². The zero-order valence-corrected chi connectivity index (χ0v) is 7.58. The predicted molar refractivity (Wildman–Crippen MR) is 46.6 cm³/mol. The molecule has 0 spiro atoms. The first kappa shape index (κ1) is 9.26. The van der Waals surface area contributed by atoms with Crippen molar-refractivity contribution in [2.24, 2.45) is 0 Å². The first-order chi connectivity index (χ1) is 5.59. The second-order valence-electron chi connectivity index (χ2n) is 3.44. The molecule has 1 N–H and O–H groups in total. The molecular weight excluding hydrogens is 154 g/mol. The van der Waals surface area contributed by atoms with E-state index in [9.17, 15) is 4.79 Å². The summed E-state index contributed by atoms with van der Waals surface area (Å²) in [5.41, 5.74) is 1.20. The Labute approximate surface area is 72.7 Å². The Morgan fingerprint density at radius 2 is 2.42 bits per heavy atom. The van der Waals surface area contributed by atoms with Gasteiger partial charge in [0.2, 0.25) is 5.91 Å². The highest BCUT2D eigenvalue weighted by atomic mass is 16.3. The van der Waals surface area contributed by atoms with Crippen molar-refractivity contribution in [2.75, 3.05) is 13.1 Å². The van der Waals surface area contributed by atoms with Crippen molar-refractivity contribution in [1.29, 1.82) is 0 Å². The number of likely N-dealkylation sites (tertiary alicyclic amines) is 1. The highest BCUT2D eigenvalue weighted by Crippen LogP contribution is 2.10. The van der Waals surface area contributed by atoms with E-state index in [4.69, 9.17) is 5.11 Å². The fraction of sp³-hybridized carbons (Fsp3) is 0.667. The Balaban J connectivity index is 2.43. The minimum Gasteiger partial charge on any atom is -0.391 e. The number of aliphatic hydroxyl groups is 1. The molecular formula is C9H15NO2. The minimum atomic E-state index is -0.455.